The lowest BCUT2D eigenvalue weighted by atomic mass is 9.96. The van der Waals surface area contributed by atoms with E-state index in [1.807, 2.05) is 18.2 Å². The van der Waals surface area contributed by atoms with Crippen LogP contribution in [0, 0.1) is 0 Å². The standard InChI is InChI=1S/C43H29N3/c1-4-12-30(13-5-1)33-20-24-35(25-21-33)41-44-42(36-26-22-34(23-27-36)31-14-6-2-7-15-31)46-43(45-41)40-29-38(32-16-8-3-9-17-32)28-37-18-10-11-19-39(37)40/h1-29H. The summed E-state index contributed by atoms with van der Waals surface area (Å²) in [6, 6.07) is 61.1. The fourth-order valence-corrected chi connectivity index (χ4v) is 5.93. The molecule has 0 saturated carbocycles. The first-order valence-electron chi connectivity index (χ1n) is 15.4. The lowest BCUT2D eigenvalue weighted by Gasteiger charge is -2.13. The van der Waals surface area contributed by atoms with Gasteiger partial charge in [0.2, 0.25) is 0 Å². The van der Waals surface area contributed by atoms with Gasteiger partial charge in [-0.05, 0) is 56.3 Å². The highest BCUT2D eigenvalue weighted by atomic mass is 15.0. The minimum Gasteiger partial charge on any atom is -0.208 e. The van der Waals surface area contributed by atoms with Crippen molar-refractivity contribution in [3.05, 3.63) is 176 Å². The molecule has 1 aromatic heterocycles. The minimum atomic E-state index is 0.640. The summed E-state index contributed by atoms with van der Waals surface area (Å²) in [5.74, 6) is 1.93. The first-order valence-corrected chi connectivity index (χ1v) is 15.4. The molecular formula is C43H29N3. The summed E-state index contributed by atoms with van der Waals surface area (Å²) in [6.07, 6.45) is 0. The lowest BCUT2D eigenvalue weighted by Crippen LogP contribution is -2.01. The summed E-state index contributed by atoms with van der Waals surface area (Å²) in [6.45, 7) is 0. The van der Waals surface area contributed by atoms with E-state index in [2.05, 4.69) is 158 Å². The van der Waals surface area contributed by atoms with E-state index in [0.29, 0.717) is 17.5 Å². The van der Waals surface area contributed by atoms with Gasteiger partial charge in [-0.25, -0.2) is 15.0 Å². The molecule has 8 rings (SSSR count). The monoisotopic (exact) mass is 587 g/mol. The van der Waals surface area contributed by atoms with Crippen LogP contribution in [0.4, 0.5) is 0 Å². The normalized spacial score (nSPS) is 11.0. The average molecular weight is 588 g/mol. The molecule has 8 aromatic rings. The summed E-state index contributed by atoms with van der Waals surface area (Å²) >= 11 is 0. The van der Waals surface area contributed by atoms with Gasteiger partial charge in [0.15, 0.2) is 17.5 Å². The van der Waals surface area contributed by atoms with E-state index in [1.54, 1.807) is 0 Å². The van der Waals surface area contributed by atoms with E-state index in [9.17, 15) is 0 Å². The zero-order valence-electron chi connectivity index (χ0n) is 25.1. The zero-order chi connectivity index (χ0) is 30.7. The van der Waals surface area contributed by atoms with Crippen LogP contribution in [-0.2, 0) is 0 Å². The summed E-state index contributed by atoms with van der Waals surface area (Å²) in [4.78, 5) is 15.3. The number of aromatic nitrogens is 3. The van der Waals surface area contributed by atoms with Gasteiger partial charge in [0, 0.05) is 16.7 Å². The number of benzene rings is 7. The minimum absolute atomic E-state index is 0.640. The van der Waals surface area contributed by atoms with Crippen molar-refractivity contribution in [3.8, 4) is 67.5 Å². The van der Waals surface area contributed by atoms with Crippen LogP contribution in [0.15, 0.2) is 176 Å². The van der Waals surface area contributed by atoms with Crippen molar-refractivity contribution < 1.29 is 0 Å². The van der Waals surface area contributed by atoms with Gasteiger partial charge in [0.05, 0.1) is 0 Å². The van der Waals surface area contributed by atoms with Crippen LogP contribution in [0.25, 0.3) is 78.3 Å². The van der Waals surface area contributed by atoms with Crippen molar-refractivity contribution in [1.29, 1.82) is 0 Å². The Morgan fingerprint density at radius 1 is 0.261 bits per heavy atom. The van der Waals surface area contributed by atoms with Crippen LogP contribution in [-0.4, -0.2) is 15.0 Å². The maximum absolute atomic E-state index is 5.13. The lowest BCUT2D eigenvalue weighted by molar-refractivity contribution is 1.08. The molecule has 0 fully saturated rings. The van der Waals surface area contributed by atoms with E-state index in [-0.39, 0.29) is 0 Å². The number of hydrogen-bond donors (Lipinski definition) is 0. The summed E-state index contributed by atoms with van der Waals surface area (Å²) in [7, 11) is 0. The van der Waals surface area contributed by atoms with Gasteiger partial charge >= 0.3 is 0 Å². The third-order valence-corrected chi connectivity index (χ3v) is 8.35. The maximum atomic E-state index is 5.13. The smallest absolute Gasteiger partial charge is 0.164 e. The van der Waals surface area contributed by atoms with Crippen molar-refractivity contribution in [1.82, 2.24) is 15.0 Å². The molecule has 0 aliphatic heterocycles. The molecule has 0 bridgehead atoms. The zero-order valence-corrected chi connectivity index (χ0v) is 25.1. The first kappa shape index (κ1) is 27.4. The Morgan fingerprint density at radius 3 is 1.13 bits per heavy atom. The third kappa shape index (κ3) is 5.47. The first-order chi connectivity index (χ1) is 22.8. The van der Waals surface area contributed by atoms with E-state index in [1.165, 1.54) is 11.1 Å². The highest BCUT2D eigenvalue weighted by Crippen LogP contribution is 2.35. The second-order valence-corrected chi connectivity index (χ2v) is 11.3. The Morgan fingerprint density at radius 2 is 0.630 bits per heavy atom. The Labute approximate surface area is 268 Å². The largest absolute Gasteiger partial charge is 0.208 e. The molecule has 1 heterocycles. The van der Waals surface area contributed by atoms with Crippen LogP contribution < -0.4 is 0 Å². The van der Waals surface area contributed by atoms with E-state index in [0.717, 1.165) is 49.7 Å². The second-order valence-electron chi connectivity index (χ2n) is 11.3. The van der Waals surface area contributed by atoms with E-state index < -0.39 is 0 Å². The van der Waals surface area contributed by atoms with E-state index in [4.69, 9.17) is 15.0 Å². The topological polar surface area (TPSA) is 38.7 Å². The van der Waals surface area contributed by atoms with Crippen LogP contribution in [0.5, 0.6) is 0 Å². The van der Waals surface area contributed by atoms with Gasteiger partial charge in [-0.2, -0.15) is 0 Å². The molecule has 0 aliphatic carbocycles. The SMILES string of the molecule is c1ccc(-c2ccc(-c3nc(-c4ccc(-c5ccccc5)cc4)nc(-c4cc(-c5ccccc5)cc5ccccc45)n3)cc2)cc1. The van der Waals surface area contributed by atoms with Crippen molar-refractivity contribution in [2.75, 3.05) is 0 Å². The molecule has 0 aliphatic rings. The molecule has 3 nitrogen and oxygen atoms in total. The van der Waals surface area contributed by atoms with Gasteiger partial charge in [0.25, 0.3) is 0 Å². The molecular weight excluding hydrogens is 558 g/mol. The van der Waals surface area contributed by atoms with Gasteiger partial charge in [0.1, 0.15) is 0 Å². The Hall–Kier alpha value is -6.19. The number of rotatable bonds is 6. The number of hydrogen-bond acceptors (Lipinski definition) is 3. The van der Waals surface area contributed by atoms with Crippen LogP contribution in [0.1, 0.15) is 0 Å². The highest BCUT2D eigenvalue weighted by molar-refractivity contribution is 5.99. The van der Waals surface area contributed by atoms with Gasteiger partial charge in [-0.15, -0.1) is 0 Å². The average Bonchev–Trinajstić information content (AvgIpc) is 3.15. The predicted octanol–water partition coefficient (Wildman–Crippen LogP) is 11.0. The van der Waals surface area contributed by atoms with Crippen LogP contribution >= 0.6 is 0 Å². The van der Waals surface area contributed by atoms with Crippen molar-refractivity contribution in [3.63, 3.8) is 0 Å². The Balaban J connectivity index is 1.29. The second kappa shape index (κ2) is 12.1. The molecule has 216 valence electrons. The van der Waals surface area contributed by atoms with Crippen molar-refractivity contribution in [2.24, 2.45) is 0 Å². The highest BCUT2D eigenvalue weighted by Gasteiger charge is 2.16. The maximum Gasteiger partial charge on any atom is 0.164 e. The fourth-order valence-electron chi connectivity index (χ4n) is 5.93. The Kier molecular flexibility index (Phi) is 7.18. The van der Waals surface area contributed by atoms with Gasteiger partial charge in [-0.1, -0.05) is 164 Å². The molecule has 0 amide bonds. The Bertz CT molecular complexity index is 2160. The summed E-state index contributed by atoms with van der Waals surface area (Å²) in [5.41, 5.74) is 9.78. The molecule has 46 heavy (non-hydrogen) atoms. The van der Waals surface area contributed by atoms with Crippen LogP contribution in [0.3, 0.4) is 0 Å². The number of fused-ring (bicyclic) bond motifs is 1. The van der Waals surface area contributed by atoms with Crippen molar-refractivity contribution in [2.45, 2.75) is 0 Å². The predicted molar refractivity (Wildman–Crippen MR) is 190 cm³/mol. The quantitative estimate of drug-likeness (QED) is 0.194. The molecule has 0 N–H and O–H groups in total. The molecule has 3 heteroatoms. The van der Waals surface area contributed by atoms with E-state index >= 15 is 0 Å². The van der Waals surface area contributed by atoms with Crippen molar-refractivity contribution >= 4 is 10.8 Å². The molecule has 0 radical (unpaired) electrons. The third-order valence-electron chi connectivity index (χ3n) is 8.35. The summed E-state index contributed by atoms with van der Waals surface area (Å²) in [5, 5.41) is 2.24. The molecule has 0 atom stereocenters. The molecule has 0 spiro atoms. The van der Waals surface area contributed by atoms with Gasteiger partial charge in [-0.3, -0.25) is 0 Å². The fraction of sp³-hybridized carbons (Fsp3) is 0. The summed E-state index contributed by atoms with van der Waals surface area (Å²) < 4.78 is 0. The van der Waals surface area contributed by atoms with Crippen LogP contribution in [0.2, 0.25) is 0 Å². The number of nitrogens with zero attached hydrogens (tertiary/aromatic N) is 3. The molecule has 0 saturated heterocycles. The molecule has 0 unspecified atom stereocenters. The van der Waals surface area contributed by atoms with Gasteiger partial charge < -0.3 is 0 Å². The molecule has 7 aromatic carbocycles.